The molecule has 119 valence electrons. The highest BCUT2D eigenvalue weighted by Crippen LogP contribution is 2.15. The Balaban J connectivity index is 3.15. The smallest absolute Gasteiger partial charge is 0.125 e. The first-order valence-corrected chi connectivity index (χ1v) is 8.68. The number of aldehydes is 1. The quantitative estimate of drug-likeness (QED) is 0.336. The molecule has 0 aromatic carbocycles. The van der Waals surface area contributed by atoms with Crippen LogP contribution in [0, 0.1) is 12.8 Å². The van der Waals surface area contributed by atoms with Crippen LogP contribution < -0.4 is 0 Å². The summed E-state index contributed by atoms with van der Waals surface area (Å²) in [7, 11) is 0. The molecular weight excluding hydrogens is 248 g/mol. The van der Waals surface area contributed by atoms with Crippen LogP contribution >= 0.6 is 0 Å². The van der Waals surface area contributed by atoms with E-state index in [1.165, 1.54) is 70.6 Å². The van der Waals surface area contributed by atoms with Crippen molar-refractivity contribution in [1.29, 1.82) is 0 Å². The number of aliphatic hydroxyl groups excluding tert-OH is 1. The van der Waals surface area contributed by atoms with E-state index in [1.807, 2.05) is 0 Å². The molecule has 0 aliphatic heterocycles. The standard InChI is InChI=1S/C18H35O2/c1-3-4-5-6-7-8-9-10-11-12-13-14-15-18(16-19)17(2)20/h16-18,20H,2-15H2,1H3. The highest BCUT2D eigenvalue weighted by Gasteiger charge is 2.12. The van der Waals surface area contributed by atoms with Gasteiger partial charge in [-0.15, -0.1) is 0 Å². The molecule has 2 heteroatoms. The van der Waals surface area contributed by atoms with Crippen molar-refractivity contribution < 1.29 is 9.90 Å². The summed E-state index contributed by atoms with van der Waals surface area (Å²) in [4.78, 5) is 10.7. The lowest BCUT2D eigenvalue weighted by Gasteiger charge is -2.12. The molecule has 0 saturated carbocycles. The molecule has 1 radical (unpaired) electrons. The molecule has 0 amide bonds. The SMILES string of the molecule is [CH2]C(O)C(C=O)CCCCCCCCCCCCCC. The first-order chi connectivity index (χ1) is 9.72. The Hall–Kier alpha value is -0.370. The number of carbonyl (C=O) groups is 1. The number of rotatable bonds is 15. The molecule has 0 saturated heterocycles. The fraction of sp³-hybridized carbons (Fsp3) is 0.889. The molecule has 2 atom stereocenters. The van der Waals surface area contributed by atoms with Gasteiger partial charge in [0.2, 0.25) is 0 Å². The van der Waals surface area contributed by atoms with E-state index in [-0.39, 0.29) is 5.92 Å². The van der Waals surface area contributed by atoms with Crippen molar-refractivity contribution in [1.82, 2.24) is 0 Å². The second-order valence-corrected chi connectivity index (χ2v) is 6.05. The maximum Gasteiger partial charge on any atom is 0.125 e. The van der Waals surface area contributed by atoms with Crippen molar-refractivity contribution in [2.75, 3.05) is 0 Å². The molecule has 0 bridgehead atoms. The molecular formula is C18H35O2. The predicted octanol–water partition coefficient (Wildman–Crippen LogP) is 5.09. The van der Waals surface area contributed by atoms with Crippen LogP contribution in [0.1, 0.15) is 90.4 Å². The lowest BCUT2D eigenvalue weighted by atomic mass is 9.97. The van der Waals surface area contributed by atoms with E-state index in [1.54, 1.807) is 0 Å². The molecule has 0 aromatic rings. The van der Waals surface area contributed by atoms with Gasteiger partial charge in [0.25, 0.3) is 0 Å². The van der Waals surface area contributed by atoms with Gasteiger partial charge in [0.1, 0.15) is 6.29 Å². The summed E-state index contributed by atoms with van der Waals surface area (Å²) < 4.78 is 0. The van der Waals surface area contributed by atoms with Crippen LogP contribution in [0.15, 0.2) is 0 Å². The molecule has 0 aliphatic rings. The maximum absolute atomic E-state index is 10.7. The zero-order valence-electron chi connectivity index (χ0n) is 13.5. The minimum atomic E-state index is -0.736. The van der Waals surface area contributed by atoms with Crippen molar-refractivity contribution in [3.05, 3.63) is 6.92 Å². The molecule has 0 fully saturated rings. The number of hydrogen-bond acceptors (Lipinski definition) is 2. The van der Waals surface area contributed by atoms with E-state index in [9.17, 15) is 9.90 Å². The fourth-order valence-corrected chi connectivity index (χ4v) is 2.57. The Kier molecular flexibility index (Phi) is 14.7. The van der Waals surface area contributed by atoms with E-state index < -0.39 is 6.10 Å². The fourth-order valence-electron chi connectivity index (χ4n) is 2.57. The molecule has 0 rings (SSSR count). The van der Waals surface area contributed by atoms with Gasteiger partial charge in [-0.2, -0.15) is 0 Å². The Bertz CT molecular complexity index is 202. The number of hydrogen-bond donors (Lipinski definition) is 1. The molecule has 0 spiro atoms. The molecule has 0 aromatic heterocycles. The van der Waals surface area contributed by atoms with Crippen LogP contribution in [-0.2, 0) is 4.79 Å². The average Bonchev–Trinajstić information content (AvgIpc) is 2.43. The minimum absolute atomic E-state index is 0.266. The van der Waals surface area contributed by atoms with Crippen molar-refractivity contribution in [2.24, 2.45) is 5.92 Å². The van der Waals surface area contributed by atoms with Crippen molar-refractivity contribution >= 4 is 6.29 Å². The topological polar surface area (TPSA) is 37.3 Å². The Labute approximate surface area is 126 Å². The third-order valence-electron chi connectivity index (χ3n) is 4.06. The van der Waals surface area contributed by atoms with Gasteiger partial charge in [0.05, 0.1) is 6.10 Å². The first kappa shape index (κ1) is 19.6. The summed E-state index contributed by atoms with van der Waals surface area (Å²) in [5.41, 5.74) is 0. The molecule has 2 unspecified atom stereocenters. The normalized spacial score (nSPS) is 14.2. The molecule has 1 N–H and O–H groups in total. The molecule has 20 heavy (non-hydrogen) atoms. The molecule has 2 nitrogen and oxygen atoms in total. The number of unbranched alkanes of at least 4 members (excludes halogenated alkanes) is 11. The van der Waals surface area contributed by atoms with Crippen LogP contribution in [0.25, 0.3) is 0 Å². The van der Waals surface area contributed by atoms with Gasteiger partial charge in [0.15, 0.2) is 0 Å². The Morgan fingerprint density at radius 2 is 1.25 bits per heavy atom. The van der Waals surface area contributed by atoms with E-state index in [0.29, 0.717) is 0 Å². The van der Waals surface area contributed by atoms with Gasteiger partial charge in [-0.1, -0.05) is 84.0 Å². The summed E-state index contributed by atoms with van der Waals surface area (Å²) in [6.45, 7) is 5.77. The highest BCUT2D eigenvalue weighted by atomic mass is 16.3. The van der Waals surface area contributed by atoms with Gasteiger partial charge in [-0.05, 0) is 13.3 Å². The van der Waals surface area contributed by atoms with Crippen LogP contribution in [-0.4, -0.2) is 17.5 Å². The van der Waals surface area contributed by atoms with Gasteiger partial charge in [-0.3, -0.25) is 0 Å². The van der Waals surface area contributed by atoms with Crippen molar-refractivity contribution in [3.63, 3.8) is 0 Å². The summed E-state index contributed by atoms with van der Waals surface area (Å²) in [5, 5.41) is 9.25. The first-order valence-electron chi connectivity index (χ1n) is 8.68. The minimum Gasteiger partial charge on any atom is -0.392 e. The van der Waals surface area contributed by atoms with Crippen LogP contribution in [0.2, 0.25) is 0 Å². The van der Waals surface area contributed by atoms with Gasteiger partial charge in [0, 0.05) is 5.92 Å². The van der Waals surface area contributed by atoms with Gasteiger partial charge >= 0.3 is 0 Å². The summed E-state index contributed by atoms with van der Waals surface area (Å²) in [6.07, 6.45) is 16.7. The van der Waals surface area contributed by atoms with Gasteiger partial charge in [-0.25, -0.2) is 0 Å². The van der Waals surface area contributed by atoms with E-state index in [0.717, 1.165) is 19.1 Å². The summed E-state index contributed by atoms with van der Waals surface area (Å²) in [5.74, 6) is -0.266. The average molecular weight is 283 g/mol. The van der Waals surface area contributed by atoms with Crippen LogP contribution in [0.5, 0.6) is 0 Å². The second-order valence-electron chi connectivity index (χ2n) is 6.05. The van der Waals surface area contributed by atoms with E-state index in [2.05, 4.69) is 13.8 Å². The Morgan fingerprint density at radius 3 is 1.60 bits per heavy atom. The Morgan fingerprint density at radius 1 is 0.850 bits per heavy atom. The van der Waals surface area contributed by atoms with Crippen LogP contribution in [0.4, 0.5) is 0 Å². The zero-order chi connectivity index (χ0) is 15.1. The predicted molar refractivity (Wildman–Crippen MR) is 86.6 cm³/mol. The maximum atomic E-state index is 10.7. The van der Waals surface area contributed by atoms with Crippen molar-refractivity contribution in [3.8, 4) is 0 Å². The van der Waals surface area contributed by atoms with Crippen molar-refractivity contribution in [2.45, 2.75) is 96.5 Å². The number of carbonyl (C=O) groups excluding carboxylic acids is 1. The van der Waals surface area contributed by atoms with E-state index >= 15 is 0 Å². The second kappa shape index (κ2) is 15.0. The molecule has 0 heterocycles. The lowest BCUT2D eigenvalue weighted by Crippen LogP contribution is -2.18. The largest absolute Gasteiger partial charge is 0.392 e. The van der Waals surface area contributed by atoms with E-state index in [4.69, 9.17) is 0 Å². The van der Waals surface area contributed by atoms with Gasteiger partial charge < -0.3 is 9.90 Å². The zero-order valence-corrected chi connectivity index (χ0v) is 13.5. The molecule has 0 aliphatic carbocycles. The van der Waals surface area contributed by atoms with Crippen LogP contribution in [0.3, 0.4) is 0 Å². The number of aliphatic hydroxyl groups is 1. The summed E-state index contributed by atoms with van der Waals surface area (Å²) >= 11 is 0. The highest BCUT2D eigenvalue weighted by molar-refractivity contribution is 5.54. The third-order valence-corrected chi connectivity index (χ3v) is 4.06. The third kappa shape index (κ3) is 12.7. The summed E-state index contributed by atoms with van der Waals surface area (Å²) in [6, 6.07) is 0. The lowest BCUT2D eigenvalue weighted by molar-refractivity contribution is -0.113. The monoisotopic (exact) mass is 283 g/mol.